The molecule has 3 unspecified atom stereocenters. The number of aromatic nitrogens is 1. The zero-order chi connectivity index (χ0) is 23.9. The topological polar surface area (TPSA) is 75.7 Å². The van der Waals surface area contributed by atoms with Crippen LogP contribution in [-0.2, 0) is 5.41 Å². The highest BCUT2D eigenvalue weighted by Gasteiger charge is 2.50. The molecule has 1 aromatic heterocycles. The Hall–Kier alpha value is -2.55. The van der Waals surface area contributed by atoms with Crippen molar-refractivity contribution in [3.05, 3.63) is 47.0 Å². The number of methoxy groups -OCH3 is 2. The first-order valence-electron chi connectivity index (χ1n) is 11.5. The van der Waals surface area contributed by atoms with Crippen LogP contribution in [0, 0.1) is 0 Å². The largest absolute Gasteiger partial charge is 0.493 e. The van der Waals surface area contributed by atoms with Gasteiger partial charge in [0.2, 0.25) is 0 Å². The van der Waals surface area contributed by atoms with Crippen molar-refractivity contribution in [2.45, 2.75) is 43.2 Å². The van der Waals surface area contributed by atoms with Crippen molar-refractivity contribution in [1.29, 1.82) is 0 Å². The first-order chi connectivity index (χ1) is 16.4. The van der Waals surface area contributed by atoms with Gasteiger partial charge in [0, 0.05) is 22.5 Å². The van der Waals surface area contributed by atoms with Gasteiger partial charge in [0.05, 0.1) is 24.4 Å². The minimum atomic E-state index is -0.214. The summed E-state index contributed by atoms with van der Waals surface area (Å²) in [4.78, 5) is 19.7. The highest BCUT2D eigenvalue weighted by Crippen LogP contribution is 2.49. The van der Waals surface area contributed by atoms with Crippen molar-refractivity contribution in [3.8, 4) is 11.5 Å². The van der Waals surface area contributed by atoms with E-state index < -0.39 is 0 Å². The monoisotopic (exact) mass is 500 g/mol. The average molecular weight is 501 g/mol. The molecule has 3 atom stereocenters. The number of likely N-dealkylation sites (N-methyl/N-ethyl adjacent to an activating group) is 1. The Balaban J connectivity index is 1.29. The van der Waals surface area contributed by atoms with E-state index in [-0.39, 0.29) is 17.5 Å². The maximum atomic E-state index is 12.8. The number of amides is 2. The molecule has 1 saturated carbocycles. The minimum Gasteiger partial charge on any atom is -0.493 e. The van der Waals surface area contributed by atoms with Crippen LogP contribution >= 0.6 is 22.9 Å². The zero-order valence-electron chi connectivity index (χ0n) is 19.6. The highest BCUT2D eigenvalue weighted by molar-refractivity contribution is 7.22. The lowest BCUT2D eigenvalue weighted by Crippen LogP contribution is -2.52. The molecule has 0 spiro atoms. The van der Waals surface area contributed by atoms with Crippen LogP contribution in [0.4, 0.5) is 9.93 Å². The first-order valence-corrected chi connectivity index (χ1v) is 12.7. The number of thiazole rings is 1. The molecule has 1 saturated heterocycles. The summed E-state index contributed by atoms with van der Waals surface area (Å²) >= 11 is 7.49. The third-order valence-corrected chi connectivity index (χ3v) is 8.56. The average Bonchev–Trinajstić information content (AvgIpc) is 3.38. The third-order valence-electron chi connectivity index (χ3n) is 7.39. The van der Waals surface area contributed by atoms with Gasteiger partial charge in [-0.15, -0.1) is 0 Å². The fraction of sp³-hybridized carbons (Fsp3) is 0.440. The number of halogens is 1. The molecule has 0 radical (unpaired) electrons. The van der Waals surface area contributed by atoms with Gasteiger partial charge >= 0.3 is 6.03 Å². The van der Waals surface area contributed by atoms with Crippen molar-refractivity contribution in [2.75, 3.05) is 33.1 Å². The number of ether oxygens (including phenoxy) is 2. The number of fused-ring (bicyclic) bond motifs is 2. The van der Waals surface area contributed by atoms with Gasteiger partial charge in [-0.25, -0.2) is 9.78 Å². The van der Waals surface area contributed by atoms with Gasteiger partial charge in [0.15, 0.2) is 16.6 Å². The van der Waals surface area contributed by atoms with Gasteiger partial charge < -0.3 is 19.7 Å². The quantitative estimate of drug-likeness (QED) is 0.498. The highest BCUT2D eigenvalue weighted by atomic mass is 35.5. The van der Waals surface area contributed by atoms with E-state index >= 15 is 0 Å². The summed E-state index contributed by atoms with van der Waals surface area (Å²) in [5.74, 6) is 1.51. The number of rotatable bonds is 5. The number of anilines is 1. The summed E-state index contributed by atoms with van der Waals surface area (Å²) < 4.78 is 12.0. The molecule has 2 N–H and O–H groups in total. The van der Waals surface area contributed by atoms with Gasteiger partial charge in [-0.2, -0.15) is 0 Å². The molecular weight excluding hydrogens is 472 g/mol. The van der Waals surface area contributed by atoms with Crippen molar-refractivity contribution >= 4 is 44.3 Å². The molecule has 3 aromatic rings. The molecule has 1 aliphatic heterocycles. The SMILES string of the molecule is COc1ccc(C23CCC(NC(=O)Nc4nc5ccc(Cl)cc5s4)CC2N(C)CC3)cc1OC. The molecule has 2 fully saturated rings. The number of carbonyl (C=O) groups excluding carboxylic acids is 1. The van der Waals surface area contributed by atoms with Crippen LogP contribution in [0.3, 0.4) is 0 Å². The van der Waals surface area contributed by atoms with Crippen molar-refractivity contribution < 1.29 is 14.3 Å². The lowest BCUT2D eigenvalue weighted by Gasteiger charge is -2.45. The third kappa shape index (κ3) is 4.19. The number of likely N-dealkylation sites (tertiary alicyclic amines) is 1. The summed E-state index contributed by atoms with van der Waals surface area (Å²) in [6, 6.07) is 12.1. The Morgan fingerprint density at radius 3 is 2.79 bits per heavy atom. The van der Waals surface area contributed by atoms with E-state index in [4.69, 9.17) is 21.1 Å². The van der Waals surface area contributed by atoms with Crippen LogP contribution in [0.25, 0.3) is 10.2 Å². The second-order valence-corrected chi connectivity index (χ2v) is 10.6. The predicted molar refractivity (Wildman–Crippen MR) is 137 cm³/mol. The number of hydrogen-bond donors (Lipinski definition) is 2. The minimum absolute atomic E-state index is 0.0509. The molecule has 1 aliphatic carbocycles. The van der Waals surface area contributed by atoms with Crippen LogP contribution in [0.15, 0.2) is 36.4 Å². The first kappa shape index (κ1) is 23.2. The summed E-state index contributed by atoms with van der Waals surface area (Å²) in [5, 5.41) is 7.33. The van der Waals surface area contributed by atoms with E-state index in [0.29, 0.717) is 16.2 Å². The van der Waals surface area contributed by atoms with Gasteiger partial charge in [0.1, 0.15) is 0 Å². The van der Waals surface area contributed by atoms with Gasteiger partial charge in [-0.1, -0.05) is 29.0 Å². The Bertz CT molecular complexity index is 1220. The van der Waals surface area contributed by atoms with Crippen LogP contribution in [0.2, 0.25) is 5.02 Å². The van der Waals surface area contributed by atoms with Crippen LogP contribution in [0.5, 0.6) is 11.5 Å². The molecular formula is C25H29ClN4O3S. The molecule has 7 nitrogen and oxygen atoms in total. The van der Waals surface area contributed by atoms with Crippen molar-refractivity contribution in [3.63, 3.8) is 0 Å². The molecule has 2 heterocycles. The summed E-state index contributed by atoms with van der Waals surface area (Å²) in [6.07, 6.45) is 3.91. The maximum absolute atomic E-state index is 12.8. The van der Waals surface area contributed by atoms with Gasteiger partial charge in [-0.3, -0.25) is 5.32 Å². The Morgan fingerprint density at radius 2 is 2.00 bits per heavy atom. The Labute approximate surface area is 208 Å². The molecule has 0 bridgehead atoms. The number of urea groups is 1. The number of hydrogen-bond acceptors (Lipinski definition) is 6. The maximum Gasteiger partial charge on any atom is 0.321 e. The lowest BCUT2D eigenvalue weighted by atomic mass is 9.65. The van der Waals surface area contributed by atoms with Gasteiger partial charge in [0.25, 0.3) is 0 Å². The van der Waals surface area contributed by atoms with Crippen molar-refractivity contribution in [1.82, 2.24) is 15.2 Å². The van der Waals surface area contributed by atoms with Gasteiger partial charge in [-0.05, 0) is 75.2 Å². The fourth-order valence-electron chi connectivity index (χ4n) is 5.67. The smallest absolute Gasteiger partial charge is 0.321 e. The van der Waals surface area contributed by atoms with Crippen molar-refractivity contribution in [2.24, 2.45) is 0 Å². The molecule has 2 amide bonds. The number of benzene rings is 2. The molecule has 34 heavy (non-hydrogen) atoms. The van der Waals surface area contributed by atoms with Crippen LogP contribution < -0.4 is 20.1 Å². The van der Waals surface area contributed by atoms with E-state index in [9.17, 15) is 4.79 Å². The summed E-state index contributed by atoms with van der Waals surface area (Å²) in [6.45, 7) is 1.03. The van der Waals surface area contributed by atoms with E-state index in [1.54, 1.807) is 20.3 Å². The van der Waals surface area contributed by atoms with E-state index in [1.807, 2.05) is 18.2 Å². The fourth-order valence-corrected chi connectivity index (χ4v) is 6.80. The Kier molecular flexibility index (Phi) is 6.31. The number of nitrogens with zero attached hydrogens (tertiary/aromatic N) is 2. The summed E-state index contributed by atoms with van der Waals surface area (Å²) in [7, 11) is 5.52. The molecule has 180 valence electrons. The van der Waals surface area contributed by atoms with Crippen LogP contribution in [-0.4, -0.2) is 55.8 Å². The van der Waals surface area contributed by atoms with E-state index in [0.717, 1.165) is 53.9 Å². The number of carbonyl (C=O) groups is 1. The standard InChI is InChI=1S/C25H29ClN4O3S/c1-30-11-10-25(15-4-7-19(32-2)20(12-15)33-3)9-8-17(14-22(25)30)27-23(31)29-24-28-18-6-5-16(26)13-21(18)34-24/h4-7,12-13,17,22H,8-11,14H2,1-3H3,(H2,27,28,29,31). The second-order valence-electron chi connectivity index (χ2n) is 9.17. The Morgan fingerprint density at radius 1 is 1.18 bits per heavy atom. The molecule has 9 heteroatoms. The summed E-state index contributed by atoms with van der Waals surface area (Å²) in [5.41, 5.74) is 2.17. The second kappa shape index (κ2) is 9.24. The molecule has 2 aromatic carbocycles. The van der Waals surface area contributed by atoms with Crippen LogP contribution in [0.1, 0.15) is 31.2 Å². The molecule has 2 aliphatic rings. The normalized spacial score (nSPS) is 24.6. The van der Waals surface area contributed by atoms with E-state index in [2.05, 4.69) is 39.7 Å². The zero-order valence-corrected chi connectivity index (χ0v) is 21.1. The predicted octanol–water partition coefficient (Wildman–Crippen LogP) is 5.28. The lowest BCUT2D eigenvalue weighted by molar-refractivity contribution is 0.156. The molecule has 5 rings (SSSR count). The number of nitrogens with one attached hydrogen (secondary N) is 2. The van der Waals surface area contributed by atoms with E-state index in [1.165, 1.54) is 16.9 Å².